The lowest BCUT2D eigenvalue weighted by Crippen LogP contribution is -2.10. The molecule has 0 fully saturated rings. The van der Waals surface area contributed by atoms with Gasteiger partial charge in [-0.05, 0) is 18.8 Å². The Balaban J connectivity index is 2.56. The summed E-state index contributed by atoms with van der Waals surface area (Å²) in [7, 11) is 0. The second-order valence-corrected chi connectivity index (χ2v) is 4.79. The molecule has 1 rings (SSSR count). The number of nitrogens with zero attached hydrogens (tertiary/aromatic N) is 1. The highest BCUT2D eigenvalue weighted by Crippen LogP contribution is 2.25. The Hall–Kier alpha value is -2.25. The molecular weight excluding hydrogens is 286 g/mol. The third-order valence-corrected chi connectivity index (χ3v) is 3.03. The molecule has 0 heterocycles. The predicted octanol–water partition coefficient (Wildman–Crippen LogP) is 3.18. The minimum Gasteiger partial charge on any atom is -0.481 e. The smallest absolute Gasteiger partial charge is 0.303 e. The van der Waals surface area contributed by atoms with Crippen molar-refractivity contribution in [2.45, 2.75) is 26.2 Å². The zero-order valence-electron chi connectivity index (χ0n) is 11.4. The molecule has 0 amide bonds. The van der Waals surface area contributed by atoms with Crippen molar-refractivity contribution in [2.24, 2.45) is 5.92 Å². The molecule has 0 aliphatic rings. The average molecular weight is 302 g/mol. The second kappa shape index (κ2) is 7.51. The third-order valence-electron chi connectivity index (χ3n) is 3.03. The summed E-state index contributed by atoms with van der Waals surface area (Å²) in [5.41, 5.74) is -1.06. The van der Waals surface area contributed by atoms with Gasteiger partial charge in [-0.1, -0.05) is 6.92 Å². The number of non-ortho nitro benzene ring substituents is 1. The quantitative estimate of drug-likeness (QED) is 0.568. The number of anilines is 1. The lowest BCUT2D eigenvalue weighted by atomic mass is 10.0. The molecule has 0 saturated carbocycles. The molecule has 0 radical (unpaired) electrons. The van der Waals surface area contributed by atoms with E-state index < -0.39 is 33.9 Å². The Labute approximate surface area is 119 Å². The zero-order valence-corrected chi connectivity index (χ0v) is 11.4. The fraction of sp³-hybridized carbons (Fsp3) is 0.462. The van der Waals surface area contributed by atoms with E-state index >= 15 is 0 Å². The maximum Gasteiger partial charge on any atom is 0.303 e. The number of hydrogen-bond acceptors (Lipinski definition) is 4. The molecule has 1 atom stereocenters. The van der Waals surface area contributed by atoms with Crippen LogP contribution in [-0.4, -0.2) is 22.5 Å². The van der Waals surface area contributed by atoms with Crippen molar-refractivity contribution in [2.75, 3.05) is 11.9 Å². The van der Waals surface area contributed by atoms with Gasteiger partial charge in [0.1, 0.15) is 5.69 Å². The number of halogens is 2. The fourth-order valence-electron chi connectivity index (χ4n) is 1.79. The number of benzene rings is 1. The summed E-state index contributed by atoms with van der Waals surface area (Å²) in [6.07, 6.45) is 1.05. The Morgan fingerprint density at radius 3 is 2.43 bits per heavy atom. The van der Waals surface area contributed by atoms with Gasteiger partial charge in [0.2, 0.25) is 0 Å². The molecule has 6 nitrogen and oxygen atoms in total. The van der Waals surface area contributed by atoms with Crippen molar-refractivity contribution in [3.63, 3.8) is 0 Å². The summed E-state index contributed by atoms with van der Waals surface area (Å²) in [5.74, 6) is -2.86. The number of rotatable bonds is 8. The molecule has 0 aliphatic heterocycles. The first-order chi connectivity index (χ1) is 9.81. The van der Waals surface area contributed by atoms with Crippen molar-refractivity contribution in [1.82, 2.24) is 0 Å². The number of aliphatic carboxylic acids is 1. The number of carboxylic acids is 1. The van der Waals surface area contributed by atoms with Crippen molar-refractivity contribution in [3.05, 3.63) is 33.9 Å². The number of nitro groups is 1. The van der Waals surface area contributed by atoms with Crippen LogP contribution in [0.2, 0.25) is 0 Å². The standard InChI is InChI=1S/C13H16F2N2O4/c1-8(2-3-12(18)19)4-5-16-13-10(14)6-9(17(20)21)7-11(13)15/h6-8,16H,2-5H2,1H3,(H,18,19). The highest BCUT2D eigenvalue weighted by molar-refractivity contribution is 5.66. The van der Waals surface area contributed by atoms with Gasteiger partial charge in [0.15, 0.2) is 11.6 Å². The van der Waals surface area contributed by atoms with Crippen LogP contribution in [0.25, 0.3) is 0 Å². The van der Waals surface area contributed by atoms with Gasteiger partial charge in [-0.15, -0.1) is 0 Å². The van der Waals surface area contributed by atoms with E-state index in [-0.39, 0.29) is 18.9 Å². The van der Waals surface area contributed by atoms with Crippen molar-refractivity contribution >= 4 is 17.3 Å². The van der Waals surface area contributed by atoms with Crippen LogP contribution in [0.4, 0.5) is 20.2 Å². The number of nitrogens with one attached hydrogen (secondary N) is 1. The van der Waals surface area contributed by atoms with Crippen LogP contribution in [0.5, 0.6) is 0 Å². The second-order valence-electron chi connectivity index (χ2n) is 4.79. The van der Waals surface area contributed by atoms with Crippen LogP contribution >= 0.6 is 0 Å². The molecule has 1 unspecified atom stereocenters. The molecule has 0 bridgehead atoms. The highest BCUT2D eigenvalue weighted by atomic mass is 19.1. The van der Waals surface area contributed by atoms with E-state index in [9.17, 15) is 23.7 Å². The summed E-state index contributed by atoms with van der Waals surface area (Å²) in [5, 5.41) is 21.5. The van der Waals surface area contributed by atoms with Gasteiger partial charge in [0, 0.05) is 13.0 Å². The molecule has 2 N–H and O–H groups in total. The molecule has 0 saturated heterocycles. The monoisotopic (exact) mass is 302 g/mol. The molecular formula is C13H16F2N2O4. The molecule has 0 aromatic heterocycles. The van der Waals surface area contributed by atoms with Gasteiger partial charge in [0.25, 0.3) is 5.69 Å². The van der Waals surface area contributed by atoms with Gasteiger partial charge < -0.3 is 10.4 Å². The largest absolute Gasteiger partial charge is 0.481 e. The average Bonchev–Trinajstić information content (AvgIpc) is 2.39. The summed E-state index contributed by atoms with van der Waals surface area (Å²) in [4.78, 5) is 20.0. The van der Waals surface area contributed by atoms with Crippen LogP contribution in [0.1, 0.15) is 26.2 Å². The highest BCUT2D eigenvalue weighted by Gasteiger charge is 2.17. The van der Waals surface area contributed by atoms with Gasteiger partial charge in [0.05, 0.1) is 17.1 Å². The number of carbonyl (C=O) groups is 1. The molecule has 0 aliphatic carbocycles. The van der Waals surface area contributed by atoms with Crippen LogP contribution < -0.4 is 5.32 Å². The maximum atomic E-state index is 13.6. The SMILES string of the molecule is CC(CCNc1c(F)cc([N+](=O)[O-])cc1F)CCC(=O)O. The van der Waals surface area contributed by atoms with E-state index in [0.717, 1.165) is 0 Å². The van der Waals surface area contributed by atoms with Crippen LogP contribution in [0.3, 0.4) is 0 Å². The van der Waals surface area contributed by atoms with Gasteiger partial charge in [-0.3, -0.25) is 14.9 Å². The lowest BCUT2D eigenvalue weighted by molar-refractivity contribution is -0.385. The van der Waals surface area contributed by atoms with E-state index in [1.165, 1.54) is 0 Å². The van der Waals surface area contributed by atoms with Crippen LogP contribution in [0, 0.1) is 27.7 Å². The predicted molar refractivity (Wildman–Crippen MR) is 72.2 cm³/mol. The van der Waals surface area contributed by atoms with E-state index in [1.54, 1.807) is 0 Å². The first-order valence-electron chi connectivity index (χ1n) is 6.40. The Morgan fingerprint density at radius 1 is 1.38 bits per heavy atom. The maximum absolute atomic E-state index is 13.6. The normalized spacial score (nSPS) is 12.0. The number of hydrogen-bond donors (Lipinski definition) is 2. The van der Waals surface area contributed by atoms with Gasteiger partial charge in [-0.2, -0.15) is 0 Å². The third kappa shape index (κ3) is 5.33. The molecule has 21 heavy (non-hydrogen) atoms. The molecule has 116 valence electrons. The summed E-state index contributed by atoms with van der Waals surface area (Å²) >= 11 is 0. The summed E-state index contributed by atoms with van der Waals surface area (Å²) < 4.78 is 27.1. The zero-order chi connectivity index (χ0) is 16.0. The van der Waals surface area contributed by atoms with E-state index in [2.05, 4.69) is 5.32 Å². The molecule has 1 aromatic carbocycles. The minimum absolute atomic E-state index is 0.0431. The van der Waals surface area contributed by atoms with E-state index in [0.29, 0.717) is 25.0 Å². The fourth-order valence-corrected chi connectivity index (χ4v) is 1.79. The summed E-state index contributed by atoms with van der Waals surface area (Å²) in [6.45, 7) is 2.08. The molecule has 1 aromatic rings. The Morgan fingerprint density at radius 2 is 1.95 bits per heavy atom. The van der Waals surface area contributed by atoms with Crippen LogP contribution in [-0.2, 0) is 4.79 Å². The number of carboxylic acid groups (broad SMARTS) is 1. The Kier molecular flexibility index (Phi) is 6.01. The first kappa shape index (κ1) is 16.8. The van der Waals surface area contributed by atoms with Crippen molar-refractivity contribution in [3.8, 4) is 0 Å². The van der Waals surface area contributed by atoms with E-state index in [1.807, 2.05) is 6.92 Å². The first-order valence-corrected chi connectivity index (χ1v) is 6.40. The minimum atomic E-state index is -1.03. The van der Waals surface area contributed by atoms with Gasteiger partial charge in [-0.25, -0.2) is 8.78 Å². The van der Waals surface area contributed by atoms with Crippen molar-refractivity contribution in [1.29, 1.82) is 0 Å². The summed E-state index contributed by atoms with van der Waals surface area (Å²) in [6, 6.07) is 1.30. The van der Waals surface area contributed by atoms with Crippen LogP contribution in [0.15, 0.2) is 12.1 Å². The lowest BCUT2D eigenvalue weighted by Gasteiger charge is -2.12. The Bertz CT molecular complexity index is 514. The number of nitro benzene ring substituents is 1. The van der Waals surface area contributed by atoms with Gasteiger partial charge >= 0.3 is 5.97 Å². The molecule has 8 heteroatoms. The van der Waals surface area contributed by atoms with Crippen molar-refractivity contribution < 1.29 is 23.6 Å². The molecule has 0 spiro atoms. The van der Waals surface area contributed by atoms with E-state index in [4.69, 9.17) is 5.11 Å². The topological polar surface area (TPSA) is 92.5 Å².